The minimum atomic E-state index is 0.215. The Morgan fingerprint density at radius 2 is 2.33 bits per heavy atom. The Morgan fingerprint density at radius 1 is 1.50 bits per heavy atom. The summed E-state index contributed by atoms with van der Waals surface area (Å²) in [6, 6.07) is 7.80. The lowest BCUT2D eigenvalue weighted by atomic mass is 10.2. The number of benzene rings is 1. The standard InChI is InChI=1S/C9H11BO2/c1-3-11-10-12-9-6-4-5-8(2)7-9/h3-7,10H,1H2,2H3. The van der Waals surface area contributed by atoms with Gasteiger partial charge in [0.2, 0.25) is 0 Å². The first-order valence-electron chi connectivity index (χ1n) is 3.75. The van der Waals surface area contributed by atoms with Crippen LogP contribution in [-0.2, 0) is 4.65 Å². The minimum absolute atomic E-state index is 0.215. The van der Waals surface area contributed by atoms with Gasteiger partial charge in [-0.25, -0.2) is 0 Å². The van der Waals surface area contributed by atoms with Crippen LogP contribution in [0.25, 0.3) is 0 Å². The second-order valence-electron chi connectivity index (χ2n) is 2.41. The van der Waals surface area contributed by atoms with E-state index in [1.165, 1.54) is 11.8 Å². The van der Waals surface area contributed by atoms with Gasteiger partial charge in [0.15, 0.2) is 0 Å². The summed E-state index contributed by atoms with van der Waals surface area (Å²) in [6.07, 6.45) is 1.36. The van der Waals surface area contributed by atoms with E-state index in [0.29, 0.717) is 0 Å². The molecule has 12 heavy (non-hydrogen) atoms. The summed E-state index contributed by atoms with van der Waals surface area (Å²) in [7, 11) is 0.215. The zero-order valence-electron chi connectivity index (χ0n) is 7.12. The van der Waals surface area contributed by atoms with Gasteiger partial charge in [-0.1, -0.05) is 18.7 Å². The van der Waals surface area contributed by atoms with E-state index in [1.54, 1.807) is 0 Å². The van der Waals surface area contributed by atoms with Crippen molar-refractivity contribution in [3.8, 4) is 5.75 Å². The predicted molar refractivity (Wildman–Crippen MR) is 50.2 cm³/mol. The Labute approximate surface area is 73.1 Å². The fraction of sp³-hybridized carbons (Fsp3) is 0.111. The summed E-state index contributed by atoms with van der Waals surface area (Å²) < 4.78 is 10.1. The molecule has 0 amide bonds. The highest BCUT2D eigenvalue weighted by molar-refractivity contribution is 6.19. The van der Waals surface area contributed by atoms with E-state index < -0.39 is 0 Å². The van der Waals surface area contributed by atoms with E-state index >= 15 is 0 Å². The van der Waals surface area contributed by atoms with Crippen molar-refractivity contribution in [1.82, 2.24) is 0 Å². The van der Waals surface area contributed by atoms with Gasteiger partial charge in [-0.15, -0.1) is 0 Å². The third kappa shape index (κ3) is 2.70. The molecule has 0 atom stereocenters. The molecular formula is C9H11BO2. The van der Waals surface area contributed by atoms with Gasteiger partial charge in [-0.2, -0.15) is 0 Å². The summed E-state index contributed by atoms with van der Waals surface area (Å²) in [5.41, 5.74) is 1.17. The molecule has 1 rings (SSSR count). The normalized spacial score (nSPS) is 8.75. The Kier molecular flexibility index (Phi) is 3.26. The highest BCUT2D eigenvalue weighted by Gasteiger charge is 1.94. The second-order valence-corrected chi connectivity index (χ2v) is 2.41. The maximum Gasteiger partial charge on any atom is 0.576 e. The van der Waals surface area contributed by atoms with E-state index in [4.69, 9.17) is 9.31 Å². The number of hydrogen-bond donors (Lipinski definition) is 0. The highest BCUT2D eigenvalue weighted by atomic mass is 16.6. The topological polar surface area (TPSA) is 18.5 Å². The van der Waals surface area contributed by atoms with E-state index in [9.17, 15) is 0 Å². The van der Waals surface area contributed by atoms with Crippen molar-refractivity contribution < 1.29 is 9.31 Å². The van der Waals surface area contributed by atoms with Crippen LogP contribution in [0.15, 0.2) is 37.1 Å². The van der Waals surface area contributed by atoms with Crippen molar-refractivity contribution in [2.45, 2.75) is 6.92 Å². The molecule has 3 heteroatoms. The highest BCUT2D eigenvalue weighted by Crippen LogP contribution is 2.11. The average molecular weight is 162 g/mol. The molecule has 1 aromatic carbocycles. The molecular weight excluding hydrogens is 151 g/mol. The van der Waals surface area contributed by atoms with E-state index in [-0.39, 0.29) is 7.69 Å². The van der Waals surface area contributed by atoms with Crippen LogP contribution in [0.4, 0.5) is 0 Å². The van der Waals surface area contributed by atoms with Crippen LogP contribution in [0, 0.1) is 6.92 Å². The van der Waals surface area contributed by atoms with Crippen LogP contribution in [-0.4, -0.2) is 7.69 Å². The third-order valence-corrected chi connectivity index (χ3v) is 1.40. The van der Waals surface area contributed by atoms with Crippen molar-refractivity contribution in [1.29, 1.82) is 0 Å². The Balaban J connectivity index is 2.46. The van der Waals surface area contributed by atoms with E-state index in [2.05, 4.69) is 6.58 Å². The first-order chi connectivity index (χ1) is 5.83. The zero-order chi connectivity index (χ0) is 8.81. The lowest BCUT2D eigenvalue weighted by molar-refractivity contribution is 0.413. The molecule has 0 aliphatic rings. The van der Waals surface area contributed by atoms with Gasteiger partial charge in [-0.05, 0) is 24.6 Å². The maximum absolute atomic E-state index is 5.23. The van der Waals surface area contributed by atoms with Crippen molar-refractivity contribution in [2.24, 2.45) is 0 Å². The van der Waals surface area contributed by atoms with E-state index in [1.807, 2.05) is 31.2 Å². The zero-order valence-corrected chi connectivity index (χ0v) is 7.12. The fourth-order valence-corrected chi connectivity index (χ4v) is 0.855. The van der Waals surface area contributed by atoms with Crippen LogP contribution in [0.3, 0.4) is 0 Å². The Hall–Kier alpha value is -1.38. The molecule has 0 aliphatic carbocycles. The molecule has 0 bridgehead atoms. The fourth-order valence-electron chi connectivity index (χ4n) is 0.855. The molecule has 0 aliphatic heterocycles. The maximum atomic E-state index is 5.23. The van der Waals surface area contributed by atoms with Crippen LogP contribution in [0.5, 0.6) is 5.75 Å². The predicted octanol–water partition coefficient (Wildman–Crippen LogP) is 1.80. The van der Waals surface area contributed by atoms with Crippen LogP contribution < -0.4 is 4.65 Å². The van der Waals surface area contributed by atoms with Crippen LogP contribution >= 0.6 is 0 Å². The largest absolute Gasteiger partial charge is 0.576 e. The first-order valence-corrected chi connectivity index (χ1v) is 3.75. The number of aryl methyl sites for hydroxylation is 1. The molecule has 0 aromatic heterocycles. The van der Waals surface area contributed by atoms with Crippen molar-refractivity contribution in [2.75, 3.05) is 0 Å². The number of hydrogen-bond acceptors (Lipinski definition) is 2. The average Bonchev–Trinajstić information content (AvgIpc) is 2.05. The van der Waals surface area contributed by atoms with Gasteiger partial charge in [0, 0.05) is 0 Å². The Bertz CT molecular complexity index is 260. The van der Waals surface area contributed by atoms with Crippen molar-refractivity contribution in [3.05, 3.63) is 42.7 Å². The summed E-state index contributed by atoms with van der Waals surface area (Å²) in [4.78, 5) is 0. The van der Waals surface area contributed by atoms with Crippen molar-refractivity contribution in [3.63, 3.8) is 0 Å². The summed E-state index contributed by atoms with van der Waals surface area (Å²) >= 11 is 0. The quantitative estimate of drug-likeness (QED) is 0.381. The van der Waals surface area contributed by atoms with Crippen molar-refractivity contribution >= 4 is 7.69 Å². The summed E-state index contributed by atoms with van der Waals surface area (Å²) in [6.45, 7) is 5.42. The lowest BCUT2D eigenvalue weighted by Gasteiger charge is -2.03. The lowest BCUT2D eigenvalue weighted by Crippen LogP contribution is -2.03. The van der Waals surface area contributed by atoms with Gasteiger partial charge in [0.05, 0.1) is 6.26 Å². The van der Waals surface area contributed by atoms with Crippen LogP contribution in [0.2, 0.25) is 0 Å². The van der Waals surface area contributed by atoms with Gasteiger partial charge in [0.1, 0.15) is 5.75 Å². The van der Waals surface area contributed by atoms with Gasteiger partial charge >= 0.3 is 7.69 Å². The molecule has 0 N–H and O–H groups in total. The summed E-state index contributed by atoms with van der Waals surface area (Å²) in [5, 5.41) is 0. The molecule has 0 radical (unpaired) electrons. The molecule has 0 spiro atoms. The van der Waals surface area contributed by atoms with Crippen LogP contribution in [0.1, 0.15) is 5.56 Å². The SMILES string of the molecule is C=COBOc1cccc(C)c1. The summed E-state index contributed by atoms with van der Waals surface area (Å²) in [5.74, 6) is 0.817. The number of rotatable bonds is 4. The van der Waals surface area contributed by atoms with E-state index in [0.717, 1.165) is 5.75 Å². The molecule has 0 unspecified atom stereocenters. The molecule has 0 heterocycles. The minimum Gasteiger partial charge on any atom is -0.535 e. The molecule has 0 fully saturated rings. The molecule has 2 nitrogen and oxygen atoms in total. The van der Waals surface area contributed by atoms with Gasteiger partial charge in [-0.3, -0.25) is 0 Å². The monoisotopic (exact) mass is 162 g/mol. The third-order valence-electron chi connectivity index (χ3n) is 1.40. The van der Waals surface area contributed by atoms with Gasteiger partial charge in [0.25, 0.3) is 0 Å². The molecule has 0 saturated heterocycles. The second kappa shape index (κ2) is 4.49. The first kappa shape index (κ1) is 8.72. The smallest absolute Gasteiger partial charge is 0.535 e. The van der Waals surface area contributed by atoms with Gasteiger partial charge < -0.3 is 9.31 Å². The molecule has 62 valence electrons. The Morgan fingerprint density at radius 3 is 3.00 bits per heavy atom. The molecule has 0 saturated carbocycles. The molecule has 1 aromatic rings.